The van der Waals surface area contributed by atoms with E-state index in [0.717, 1.165) is 17.4 Å². The van der Waals surface area contributed by atoms with Gasteiger partial charge in [-0.2, -0.15) is 4.39 Å². The van der Waals surface area contributed by atoms with E-state index in [1.165, 1.54) is 0 Å². The number of hydrogen-bond acceptors (Lipinski definition) is 2. The topological polar surface area (TPSA) is 54.9 Å². The molecular formula is C10H12ClFN2O2. The van der Waals surface area contributed by atoms with E-state index in [4.69, 9.17) is 11.6 Å². The van der Waals surface area contributed by atoms with Gasteiger partial charge < -0.3 is 0 Å². The number of hydrogen-bond donors (Lipinski definition) is 1. The summed E-state index contributed by atoms with van der Waals surface area (Å²) >= 11 is 5.39. The molecule has 0 aromatic carbocycles. The number of halogens is 2. The average Bonchev–Trinajstić information content (AvgIpc) is 2.96. The number of nitrogens with zero attached hydrogens (tertiary/aromatic N) is 1. The summed E-state index contributed by atoms with van der Waals surface area (Å²) in [6.07, 6.45) is 1.90. The molecule has 1 heterocycles. The van der Waals surface area contributed by atoms with Gasteiger partial charge in [-0.25, -0.2) is 4.79 Å². The van der Waals surface area contributed by atoms with E-state index < -0.39 is 27.8 Å². The highest BCUT2D eigenvalue weighted by Crippen LogP contribution is 2.42. The fourth-order valence-corrected chi connectivity index (χ4v) is 2.15. The van der Waals surface area contributed by atoms with Gasteiger partial charge in [0.2, 0.25) is 5.82 Å². The van der Waals surface area contributed by atoms with E-state index in [2.05, 4.69) is 4.98 Å². The number of aromatic amines is 1. The molecule has 0 atom stereocenters. The van der Waals surface area contributed by atoms with E-state index >= 15 is 0 Å². The normalized spacial score (nSPS) is 16.5. The second-order valence-corrected chi connectivity index (χ2v) is 5.00. The first kappa shape index (κ1) is 11.4. The highest BCUT2D eigenvalue weighted by Gasteiger charge is 2.41. The molecule has 1 aromatic rings. The maximum Gasteiger partial charge on any atom is 0.330 e. The van der Waals surface area contributed by atoms with Gasteiger partial charge in [0.25, 0.3) is 5.56 Å². The van der Waals surface area contributed by atoms with Crippen molar-refractivity contribution >= 4 is 11.6 Å². The Labute approximate surface area is 96.1 Å². The fourth-order valence-electron chi connectivity index (χ4n) is 1.98. The summed E-state index contributed by atoms with van der Waals surface area (Å²) in [5, 5.41) is -0.530. The van der Waals surface area contributed by atoms with Crippen molar-refractivity contribution in [2.75, 3.05) is 0 Å². The van der Waals surface area contributed by atoms with E-state index in [1.807, 2.05) is 0 Å². The summed E-state index contributed by atoms with van der Waals surface area (Å²) in [4.78, 5) is 25.5. The first-order valence-electron chi connectivity index (χ1n) is 5.06. The van der Waals surface area contributed by atoms with E-state index in [0.29, 0.717) is 0 Å². The lowest BCUT2D eigenvalue weighted by Gasteiger charge is -2.26. The molecule has 0 radical (unpaired) electrons. The summed E-state index contributed by atoms with van der Waals surface area (Å²) in [7, 11) is 0. The van der Waals surface area contributed by atoms with Crippen LogP contribution in [0.25, 0.3) is 0 Å². The van der Waals surface area contributed by atoms with Gasteiger partial charge in [-0.1, -0.05) is 11.6 Å². The standard InChI is InChI=1S/C10H12ClFN2O2/c1-10(2,5-3-4-5)14-8(15)6(12)7(11)13-9(14)16/h5H,3-4H2,1-2H3,(H,13,16). The molecule has 0 saturated heterocycles. The third kappa shape index (κ3) is 1.59. The van der Waals surface area contributed by atoms with Gasteiger partial charge in [0, 0.05) is 5.54 Å². The highest BCUT2D eigenvalue weighted by molar-refractivity contribution is 6.29. The minimum absolute atomic E-state index is 0.242. The van der Waals surface area contributed by atoms with Gasteiger partial charge in [-0.15, -0.1) is 0 Å². The largest absolute Gasteiger partial charge is 0.330 e. The van der Waals surface area contributed by atoms with Crippen LogP contribution in [0.15, 0.2) is 9.59 Å². The first-order chi connectivity index (χ1) is 7.35. The zero-order chi connectivity index (χ0) is 12.1. The van der Waals surface area contributed by atoms with Crippen LogP contribution in [-0.2, 0) is 5.54 Å². The van der Waals surface area contributed by atoms with E-state index in [9.17, 15) is 14.0 Å². The molecule has 4 nitrogen and oxygen atoms in total. The summed E-state index contributed by atoms with van der Waals surface area (Å²) in [5.41, 5.74) is -2.28. The molecule has 0 spiro atoms. The molecule has 2 rings (SSSR count). The van der Waals surface area contributed by atoms with Crippen molar-refractivity contribution < 1.29 is 4.39 Å². The van der Waals surface area contributed by atoms with Gasteiger partial charge in [0.05, 0.1) is 0 Å². The second kappa shape index (κ2) is 3.45. The summed E-state index contributed by atoms with van der Waals surface area (Å²) in [6, 6.07) is 0. The minimum Gasteiger partial charge on any atom is -0.295 e. The Morgan fingerprint density at radius 3 is 2.50 bits per heavy atom. The van der Waals surface area contributed by atoms with Crippen LogP contribution in [0.3, 0.4) is 0 Å². The first-order valence-corrected chi connectivity index (χ1v) is 5.44. The van der Waals surface area contributed by atoms with Crippen LogP contribution >= 0.6 is 11.6 Å². The van der Waals surface area contributed by atoms with Gasteiger partial charge >= 0.3 is 5.69 Å². The van der Waals surface area contributed by atoms with Crippen molar-refractivity contribution in [3.63, 3.8) is 0 Å². The molecule has 1 saturated carbocycles. The molecule has 1 aliphatic carbocycles. The molecule has 1 fully saturated rings. The lowest BCUT2D eigenvalue weighted by Crippen LogP contribution is -2.48. The quantitative estimate of drug-likeness (QED) is 0.804. The van der Waals surface area contributed by atoms with E-state index in [1.54, 1.807) is 13.8 Å². The zero-order valence-electron chi connectivity index (χ0n) is 9.01. The Kier molecular flexibility index (Phi) is 2.45. The molecule has 88 valence electrons. The van der Waals surface area contributed by atoms with Crippen molar-refractivity contribution in [1.29, 1.82) is 0 Å². The maximum absolute atomic E-state index is 13.3. The Morgan fingerprint density at radius 1 is 1.44 bits per heavy atom. The van der Waals surface area contributed by atoms with E-state index in [-0.39, 0.29) is 5.92 Å². The molecule has 0 amide bonds. The second-order valence-electron chi connectivity index (χ2n) is 4.63. The smallest absolute Gasteiger partial charge is 0.295 e. The monoisotopic (exact) mass is 246 g/mol. The summed E-state index contributed by atoms with van der Waals surface area (Å²) in [5.74, 6) is -0.859. The predicted octanol–water partition coefficient (Wildman–Crippen LogP) is 1.47. The highest BCUT2D eigenvalue weighted by atomic mass is 35.5. The van der Waals surface area contributed by atoms with Crippen LogP contribution in [-0.4, -0.2) is 9.55 Å². The molecule has 16 heavy (non-hydrogen) atoms. The molecule has 1 aromatic heterocycles. The lowest BCUT2D eigenvalue weighted by molar-refractivity contribution is 0.276. The average molecular weight is 247 g/mol. The fraction of sp³-hybridized carbons (Fsp3) is 0.600. The van der Waals surface area contributed by atoms with Gasteiger partial charge in [-0.05, 0) is 32.6 Å². The molecular weight excluding hydrogens is 235 g/mol. The Balaban J connectivity index is 2.70. The molecule has 0 unspecified atom stereocenters. The van der Waals surface area contributed by atoms with Crippen LogP contribution < -0.4 is 11.2 Å². The van der Waals surface area contributed by atoms with Crippen LogP contribution in [0.4, 0.5) is 4.39 Å². The molecule has 1 N–H and O–H groups in total. The predicted molar refractivity (Wildman–Crippen MR) is 58.3 cm³/mol. The van der Waals surface area contributed by atoms with Gasteiger partial charge in [0.15, 0.2) is 5.15 Å². The zero-order valence-corrected chi connectivity index (χ0v) is 9.77. The SMILES string of the molecule is CC(C)(C1CC1)n1c(=O)[nH]c(Cl)c(F)c1=O. The van der Waals surface area contributed by atoms with Crippen LogP contribution in [0.1, 0.15) is 26.7 Å². The van der Waals surface area contributed by atoms with Crippen molar-refractivity contribution in [1.82, 2.24) is 9.55 Å². The minimum atomic E-state index is -1.10. The van der Waals surface area contributed by atoms with Crippen molar-refractivity contribution in [2.24, 2.45) is 5.92 Å². The lowest BCUT2D eigenvalue weighted by atomic mass is 9.98. The summed E-state index contributed by atoms with van der Waals surface area (Å²) < 4.78 is 14.3. The number of rotatable bonds is 2. The molecule has 0 bridgehead atoms. The Morgan fingerprint density at radius 2 is 2.00 bits per heavy atom. The van der Waals surface area contributed by atoms with Crippen LogP contribution in [0.2, 0.25) is 5.15 Å². The number of H-pyrrole nitrogens is 1. The summed E-state index contributed by atoms with van der Waals surface area (Å²) in [6.45, 7) is 3.52. The van der Waals surface area contributed by atoms with Crippen LogP contribution in [0, 0.1) is 11.7 Å². The number of nitrogens with one attached hydrogen (secondary N) is 1. The Hall–Kier alpha value is -1.10. The maximum atomic E-state index is 13.3. The van der Waals surface area contributed by atoms with Crippen LogP contribution in [0.5, 0.6) is 0 Å². The van der Waals surface area contributed by atoms with Crippen molar-refractivity contribution in [3.05, 3.63) is 31.8 Å². The van der Waals surface area contributed by atoms with Gasteiger partial charge in [-0.3, -0.25) is 14.3 Å². The third-order valence-corrected chi connectivity index (χ3v) is 3.42. The third-order valence-electron chi connectivity index (χ3n) is 3.16. The van der Waals surface area contributed by atoms with Crippen molar-refractivity contribution in [2.45, 2.75) is 32.2 Å². The van der Waals surface area contributed by atoms with Crippen molar-refractivity contribution in [3.8, 4) is 0 Å². The Bertz CT molecular complexity index is 543. The van der Waals surface area contributed by atoms with Gasteiger partial charge in [0.1, 0.15) is 0 Å². The molecule has 0 aliphatic heterocycles. The molecule has 1 aliphatic rings. The molecule has 6 heteroatoms. The number of aromatic nitrogens is 2.